The van der Waals surface area contributed by atoms with Crippen LogP contribution in [-0.4, -0.2) is 32.6 Å². The number of aliphatic hydroxyl groups is 1. The van der Waals surface area contributed by atoms with Crippen molar-refractivity contribution in [3.63, 3.8) is 0 Å². The molecule has 3 rings (SSSR count). The smallest absolute Gasteiger partial charge is 0.392 e. The number of H-pyrrole nitrogens is 1. The summed E-state index contributed by atoms with van der Waals surface area (Å²) < 4.78 is 38.6. The fourth-order valence-electron chi connectivity index (χ4n) is 2.91. The first kappa shape index (κ1) is 15.1. The number of aliphatic hydroxyl groups excluding tert-OH is 1. The number of rotatable bonds is 3. The molecule has 4 nitrogen and oxygen atoms in total. The van der Waals surface area contributed by atoms with E-state index in [1.54, 1.807) is 18.6 Å². The van der Waals surface area contributed by atoms with Gasteiger partial charge < -0.3 is 10.1 Å². The second-order valence-electron chi connectivity index (χ2n) is 5.53. The predicted octanol–water partition coefficient (Wildman–Crippen LogP) is 2.74. The van der Waals surface area contributed by atoms with Crippen LogP contribution in [0.25, 0.3) is 0 Å². The fraction of sp³-hybridized carbons (Fsp3) is 0.400. The number of nitrogens with one attached hydrogen (secondary N) is 1. The van der Waals surface area contributed by atoms with Crippen molar-refractivity contribution in [2.75, 3.05) is 6.54 Å². The average Bonchev–Trinajstić information content (AvgIpc) is 3.08. The van der Waals surface area contributed by atoms with Gasteiger partial charge in [-0.3, -0.25) is 4.90 Å². The molecule has 7 heteroatoms. The third kappa shape index (κ3) is 3.15. The van der Waals surface area contributed by atoms with Crippen molar-refractivity contribution in [3.05, 3.63) is 53.6 Å². The topological polar surface area (TPSA) is 52.1 Å². The molecule has 1 fully saturated rings. The van der Waals surface area contributed by atoms with Crippen LogP contribution in [0, 0.1) is 0 Å². The standard InChI is InChI=1S/C15H16F3N3O/c16-15(17,18)11-3-1-2-10(4-11)14-5-13(22)8-21(14)7-12-6-19-9-20-12/h1-4,6,9,13-14,22H,5,7-8H2,(H,19,20)/t13-,14-/m0/s1. The summed E-state index contributed by atoms with van der Waals surface area (Å²) in [5.74, 6) is 0. The molecular weight excluding hydrogens is 295 g/mol. The maximum absolute atomic E-state index is 12.9. The van der Waals surface area contributed by atoms with Crippen LogP contribution in [0.2, 0.25) is 0 Å². The highest BCUT2D eigenvalue weighted by molar-refractivity contribution is 5.29. The summed E-state index contributed by atoms with van der Waals surface area (Å²) in [6.45, 7) is 0.942. The normalized spacial score (nSPS) is 23.1. The zero-order valence-electron chi connectivity index (χ0n) is 11.7. The maximum Gasteiger partial charge on any atom is 0.416 e. The molecule has 2 atom stereocenters. The summed E-state index contributed by atoms with van der Waals surface area (Å²) in [4.78, 5) is 8.87. The molecule has 0 aliphatic carbocycles. The van der Waals surface area contributed by atoms with E-state index < -0.39 is 17.8 Å². The van der Waals surface area contributed by atoms with Gasteiger partial charge in [-0.05, 0) is 24.1 Å². The van der Waals surface area contributed by atoms with E-state index in [0.29, 0.717) is 25.1 Å². The van der Waals surface area contributed by atoms with Crippen LogP contribution in [0.3, 0.4) is 0 Å². The van der Waals surface area contributed by atoms with Crippen molar-refractivity contribution < 1.29 is 18.3 Å². The van der Waals surface area contributed by atoms with E-state index in [2.05, 4.69) is 9.97 Å². The summed E-state index contributed by atoms with van der Waals surface area (Å²) in [5.41, 5.74) is 0.782. The largest absolute Gasteiger partial charge is 0.416 e. The summed E-state index contributed by atoms with van der Waals surface area (Å²) >= 11 is 0. The van der Waals surface area contributed by atoms with Gasteiger partial charge in [0.15, 0.2) is 0 Å². The van der Waals surface area contributed by atoms with Crippen LogP contribution in [-0.2, 0) is 12.7 Å². The highest BCUT2D eigenvalue weighted by atomic mass is 19.4. The van der Waals surface area contributed by atoms with Gasteiger partial charge >= 0.3 is 6.18 Å². The van der Waals surface area contributed by atoms with E-state index in [1.165, 1.54) is 12.1 Å². The Bertz CT molecular complexity index is 627. The molecule has 2 N–H and O–H groups in total. The molecule has 1 saturated heterocycles. The molecule has 1 aliphatic heterocycles. The molecule has 0 radical (unpaired) electrons. The van der Waals surface area contributed by atoms with Gasteiger partial charge in [-0.25, -0.2) is 4.98 Å². The number of aromatic amines is 1. The third-order valence-corrected chi connectivity index (χ3v) is 3.91. The Morgan fingerprint density at radius 2 is 2.18 bits per heavy atom. The van der Waals surface area contributed by atoms with Crippen LogP contribution in [0.4, 0.5) is 13.2 Å². The lowest BCUT2D eigenvalue weighted by molar-refractivity contribution is -0.137. The zero-order valence-corrected chi connectivity index (χ0v) is 11.7. The Hall–Kier alpha value is -1.86. The SMILES string of the molecule is O[C@H]1C[C@@H](c2cccc(C(F)(F)F)c2)N(Cc2cnc[nH]2)C1. The highest BCUT2D eigenvalue weighted by Gasteiger charge is 2.35. The van der Waals surface area contributed by atoms with Crippen LogP contribution in [0.1, 0.15) is 29.3 Å². The zero-order chi connectivity index (χ0) is 15.7. The van der Waals surface area contributed by atoms with Gasteiger partial charge in [0, 0.05) is 31.0 Å². The minimum absolute atomic E-state index is 0.236. The van der Waals surface area contributed by atoms with E-state index in [1.807, 2.05) is 4.90 Å². The third-order valence-electron chi connectivity index (χ3n) is 3.91. The summed E-state index contributed by atoms with van der Waals surface area (Å²) in [6, 6.07) is 5.09. The molecule has 22 heavy (non-hydrogen) atoms. The number of hydrogen-bond acceptors (Lipinski definition) is 3. The van der Waals surface area contributed by atoms with E-state index in [9.17, 15) is 18.3 Å². The van der Waals surface area contributed by atoms with E-state index in [0.717, 1.165) is 11.8 Å². The van der Waals surface area contributed by atoms with Gasteiger partial charge in [-0.1, -0.05) is 12.1 Å². The number of likely N-dealkylation sites (tertiary alicyclic amines) is 1. The van der Waals surface area contributed by atoms with Crippen molar-refractivity contribution in [1.82, 2.24) is 14.9 Å². The minimum atomic E-state index is -4.36. The molecule has 1 aliphatic rings. The average molecular weight is 311 g/mol. The Kier molecular flexibility index (Phi) is 3.92. The van der Waals surface area contributed by atoms with Crippen LogP contribution in [0.15, 0.2) is 36.8 Å². The van der Waals surface area contributed by atoms with Crippen LogP contribution < -0.4 is 0 Å². The van der Waals surface area contributed by atoms with E-state index in [-0.39, 0.29) is 6.04 Å². The summed E-state index contributed by atoms with van der Waals surface area (Å²) in [6.07, 6.45) is -1.24. The maximum atomic E-state index is 12.9. The Morgan fingerprint density at radius 1 is 1.36 bits per heavy atom. The van der Waals surface area contributed by atoms with Gasteiger partial charge in [0.2, 0.25) is 0 Å². The van der Waals surface area contributed by atoms with Crippen molar-refractivity contribution in [1.29, 1.82) is 0 Å². The van der Waals surface area contributed by atoms with Crippen molar-refractivity contribution >= 4 is 0 Å². The first-order chi connectivity index (χ1) is 10.4. The molecule has 0 unspecified atom stereocenters. The molecule has 0 saturated carbocycles. The van der Waals surface area contributed by atoms with E-state index >= 15 is 0 Å². The Balaban J connectivity index is 1.85. The fourth-order valence-corrected chi connectivity index (χ4v) is 2.91. The number of aromatic nitrogens is 2. The highest BCUT2D eigenvalue weighted by Crippen LogP contribution is 2.36. The van der Waals surface area contributed by atoms with Crippen molar-refractivity contribution in [2.24, 2.45) is 0 Å². The number of hydrogen-bond donors (Lipinski definition) is 2. The number of benzene rings is 1. The lowest BCUT2D eigenvalue weighted by Gasteiger charge is -2.24. The second-order valence-corrected chi connectivity index (χ2v) is 5.53. The molecule has 0 bridgehead atoms. The number of β-amino-alcohol motifs (C(OH)–C–C–N with tert-alkyl or cyclic N) is 1. The second kappa shape index (κ2) is 5.73. The lowest BCUT2D eigenvalue weighted by Crippen LogP contribution is -2.24. The first-order valence-electron chi connectivity index (χ1n) is 7.00. The Labute approximate surface area is 125 Å². The molecule has 0 amide bonds. The predicted molar refractivity (Wildman–Crippen MR) is 73.8 cm³/mol. The van der Waals surface area contributed by atoms with Gasteiger partial charge in [-0.15, -0.1) is 0 Å². The van der Waals surface area contributed by atoms with Crippen molar-refractivity contribution in [2.45, 2.75) is 31.3 Å². The Morgan fingerprint density at radius 3 is 2.86 bits per heavy atom. The quantitative estimate of drug-likeness (QED) is 0.916. The van der Waals surface area contributed by atoms with Crippen LogP contribution >= 0.6 is 0 Å². The number of halogens is 3. The van der Waals surface area contributed by atoms with E-state index in [4.69, 9.17) is 0 Å². The molecule has 0 spiro atoms. The number of alkyl halides is 3. The molecular formula is C15H16F3N3O. The monoisotopic (exact) mass is 311 g/mol. The summed E-state index contributed by atoms with van der Waals surface area (Å²) in [7, 11) is 0. The van der Waals surface area contributed by atoms with Gasteiger partial charge in [-0.2, -0.15) is 13.2 Å². The molecule has 118 valence electrons. The molecule has 1 aromatic heterocycles. The van der Waals surface area contributed by atoms with Gasteiger partial charge in [0.05, 0.1) is 18.0 Å². The molecule has 1 aromatic carbocycles. The molecule has 2 aromatic rings. The number of nitrogens with zero attached hydrogens (tertiary/aromatic N) is 2. The lowest BCUT2D eigenvalue weighted by atomic mass is 10.0. The first-order valence-corrected chi connectivity index (χ1v) is 7.00. The summed E-state index contributed by atoms with van der Waals surface area (Å²) in [5, 5.41) is 9.90. The van der Waals surface area contributed by atoms with Crippen LogP contribution in [0.5, 0.6) is 0 Å². The van der Waals surface area contributed by atoms with Gasteiger partial charge in [0.1, 0.15) is 0 Å². The van der Waals surface area contributed by atoms with Crippen molar-refractivity contribution in [3.8, 4) is 0 Å². The number of imidazole rings is 1. The van der Waals surface area contributed by atoms with Gasteiger partial charge in [0.25, 0.3) is 0 Å². The minimum Gasteiger partial charge on any atom is -0.392 e. The molecule has 2 heterocycles.